The number of H-pyrrole nitrogens is 1. The van der Waals surface area contributed by atoms with Crippen LogP contribution in [0.2, 0.25) is 0 Å². The van der Waals surface area contributed by atoms with Gasteiger partial charge in [-0.1, -0.05) is 0 Å². The SMILES string of the molecule is CC[N+]1(CC)CCN(CCOc2ccc3[nH]c(=O)c4c(c3c2)NCCC4)CC1. The second kappa shape index (κ2) is 8.13. The maximum Gasteiger partial charge on any atom is 0.253 e. The van der Waals surface area contributed by atoms with Gasteiger partial charge in [0.25, 0.3) is 5.56 Å². The van der Waals surface area contributed by atoms with E-state index >= 15 is 0 Å². The number of fused-ring (bicyclic) bond motifs is 3. The first-order valence-electron chi connectivity index (χ1n) is 10.8. The van der Waals surface area contributed by atoms with Crippen molar-refractivity contribution in [2.45, 2.75) is 26.7 Å². The zero-order chi connectivity index (χ0) is 19.6. The zero-order valence-corrected chi connectivity index (χ0v) is 17.2. The van der Waals surface area contributed by atoms with Gasteiger partial charge in [-0.15, -0.1) is 0 Å². The molecule has 0 atom stereocenters. The fourth-order valence-electron chi connectivity index (χ4n) is 4.62. The van der Waals surface area contributed by atoms with Gasteiger partial charge in [-0.05, 0) is 44.9 Å². The molecule has 0 unspecified atom stereocenters. The van der Waals surface area contributed by atoms with Gasteiger partial charge in [0.05, 0.1) is 37.4 Å². The Morgan fingerprint density at radius 1 is 1.18 bits per heavy atom. The van der Waals surface area contributed by atoms with Crippen molar-refractivity contribution in [2.24, 2.45) is 0 Å². The van der Waals surface area contributed by atoms with Crippen LogP contribution in [0.3, 0.4) is 0 Å². The number of aromatic nitrogens is 1. The monoisotopic (exact) mass is 385 g/mol. The Morgan fingerprint density at radius 3 is 2.71 bits per heavy atom. The average molecular weight is 386 g/mol. The quantitative estimate of drug-likeness (QED) is 0.750. The minimum atomic E-state index is 0.0297. The van der Waals surface area contributed by atoms with Crippen molar-refractivity contribution in [3.05, 3.63) is 34.1 Å². The van der Waals surface area contributed by atoms with Crippen LogP contribution in [0.4, 0.5) is 5.69 Å². The Kier molecular flexibility index (Phi) is 5.60. The first-order chi connectivity index (χ1) is 13.6. The van der Waals surface area contributed by atoms with Crippen LogP contribution >= 0.6 is 0 Å². The van der Waals surface area contributed by atoms with E-state index in [1.807, 2.05) is 12.1 Å². The highest BCUT2D eigenvalue weighted by Gasteiger charge is 2.29. The summed E-state index contributed by atoms with van der Waals surface area (Å²) in [6.07, 6.45) is 1.84. The van der Waals surface area contributed by atoms with Crippen molar-refractivity contribution >= 4 is 16.6 Å². The number of rotatable bonds is 6. The number of piperazine rings is 1. The van der Waals surface area contributed by atoms with Crippen molar-refractivity contribution in [3.8, 4) is 5.75 Å². The molecule has 4 rings (SSSR count). The highest BCUT2D eigenvalue weighted by atomic mass is 16.5. The van der Waals surface area contributed by atoms with E-state index in [2.05, 4.69) is 35.1 Å². The molecule has 152 valence electrons. The van der Waals surface area contributed by atoms with Crippen LogP contribution in [0, 0.1) is 0 Å². The maximum absolute atomic E-state index is 12.3. The Balaban J connectivity index is 1.39. The second-order valence-electron chi connectivity index (χ2n) is 8.16. The smallest absolute Gasteiger partial charge is 0.253 e. The van der Waals surface area contributed by atoms with E-state index in [1.54, 1.807) is 0 Å². The van der Waals surface area contributed by atoms with Gasteiger partial charge >= 0.3 is 0 Å². The van der Waals surface area contributed by atoms with Crippen LogP contribution < -0.4 is 15.6 Å². The lowest BCUT2D eigenvalue weighted by molar-refractivity contribution is -0.928. The number of aromatic amines is 1. The molecule has 0 radical (unpaired) electrons. The molecule has 6 nitrogen and oxygen atoms in total. The van der Waals surface area contributed by atoms with Crippen molar-refractivity contribution in [1.29, 1.82) is 0 Å². The highest BCUT2D eigenvalue weighted by Crippen LogP contribution is 2.30. The molecule has 0 bridgehead atoms. The second-order valence-corrected chi connectivity index (χ2v) is 8.16. The number of quaternary nitrogens is 1. The molecular weight excluding hydrogens is 352 g/mol. The number of pyridine rings is 1. The highest BCUT2D eigenvalue weighted by molar-refractivity contribution is 5.94. The van der Waals surface area contributed by atoms with E-state index in [0.29, 0.717) is 6.61 Å². The summed E-state index contributed by atoms with van der Waals surface area (Å²) in [5.74, 6) is 0.873. The normalized spacial score (nSPS) is 19.2. The van der Waals surface area contributed by atoms with Gasteiger partial charge in [-0.3, -0.25) is 9.69 Å². The predicted octanol–water partition coefficient (Wildman–Crippen LogP) is 2.44. The minimum Gasteiger partial charge on any atom is -0.492 e. The van der Waals surface area contributed by atoms with Gasteiger partial charge in [0.1, 0.15) is 12.4 Å². The number of ether oxygens (including phenoxy) is 1. The number of benzene rings is 1. The third kappa shape index (κ3) is 3.76. The molecule has 2 aliphatic heterocycles. The first-order valence-corrected chi connectivity index (χ1v) is 10.8. The molecule has 1 aromatic heterocycles. The molecule has 2 aromatic rings. The maximum atomic E-state index is 12.3. The average Bonchev–Trinajstić information content (AvgIpc) is 2.75. The largest absolute Gasteiger partial charge is 0.492 e. The third-order valence-corrected chi connectivity index (χ3v) is 6.79. The van der Waals surface area contributed by atoms with E-state index in [9.17, 15) is 4.79 Å². The molecule has 0 aliphatic carbocycles. The van der Waals surface area contributed by atoms with Crippen LogP contribution in [0.15, 0.2) is 23.0 Å². The molecular formula is C22H33N4O2+. The lowest BCUT2D eigenvalue weighted by atomic mass is 10.0. The molecule has 2 N–H and O–H groups in total. The van der Waals surface area contributed by atoms with Gasteiger partial charge < -0.3 is 19.5 Å². The van der Waals surface area contributed by atoms with Gasteiger partial charge in [-0.25, -0.2) is 0 Å². The van der Waals surface area contributed by atoms with Crippen LogP contribution in [-0.2, 0) is 6.42 Å². The number of hydrogen-bond acceptors (Lipinski definition) is 4. The lowest BCUT2D eigenvalue weighted by Gasteiger charge is -2.43. The topological polar surface area (TPSA) is 57.4 Å². The van der Waals surface area contributed by atoms with Gasteiger partial charge in [0.2, 0.25) is 0 Å². The van der Waals surface area contributed by atoms with Crippen LogP contribution in [0.1, 0.15) is 25.8 Å². The fourth-order valence-corrected chi connectivity index (χ4v) is 4.62. The van der Waals surface area contributed by atoms with Crippen molar-refractivity contribution in [1.82, 2.24) is 9.88 Å². The van der Waals surface area contributed by atoms with E-state index in [4.69, 9.17) is 4.74 Å². The predicted molar refractivity (Wildman–Crippen MR) is 114 cm³/mol. The third-order valence-electron chi connectivity index (χ3n) is 6.79. The molecule has 1 aromatic carbocycles. The van der Waals surface area contributed by atoms with Crippen molar-refractivity contribution < 1.29 is 9.22 Å². The molecule has 0 amide bonds. The fraction of sp³-hybridized carbons (Fsp3) is 0.591. The number of hydrogen-bond donors (Lipinski definition) is 2. The molecule has 0 saturated carbocycles. The Morgan fingerprint density at radius 2 is 1.96 bits per heavy atom. The summed E-state index contributed by atoms with van der Waals surface area (Å²) in [4.78, 5) is 17.8. The van der Waals surface area contributed by atoms with Gasteiger partial charge in [0.15, 0.2) is 0 Å². The Labute approximate surface area is 167 Å². The minimum absolute atomic E-state index is 0.0297. The van der Waals surface area contributed by atoms with E-state index < -0.39 is 0 Å². The molecule has 1 saturated heterocycles. The zero-order valence-electron chi connectivity index (χ0n) is 17.2. The lowest BCUT2D eigenvalue weighted by Crippen LogP contribution is -2.59. The van der Waals surface area contributed by atoms with Crippen LogP contribution in [-0.4, -0.2) is 73.3 Å². The molecule has 2 aliphatic rings. The standard InChI is InChI=1S/C22H32N4O2/c1-3-26(4-2)13-10-25(11-14-26)12-15-28-17-7-8-20-19(16-17)21-18(22(27)24-20)6-5-9-23-21/h7-8,16H,3-6,9-15H2,1-2H3,(H-,23,24,27)/p+1. The molecule has 3 heterocycles. The summed E-state index contributed by atoms with van der Waals surface area (Å²) in [6.45, 7) is 14.5. The molecule has 6 heteroatoms. The number of likely N-dealkylation sites (N-methyl/N-ethyl adjacent to an activating group) is 1. The summed E-state index contributed by atoms with van der Waals surface area (Å²) < 4.78 is 7.32. The first kappa shape index (κ1) is 19.3. The molecule has 0 spiro atoms. The van der Waals surface area contributed by atoms with Crippen LogP contribution in [0.5, 0.6) is 5.75 Å². The van der Waals surface area contributed by atoms with Gasteiger partial charge in [0, 0.05) is 37.1 Å². The van der Waals surface area contributed by atoms with Gasteiger partial charge in [-0.2, -0.15) is 0 Å². The number of nitrogens with zero attached hydrogens (tertiary/aromatic N) is 2. The summed E-state index contributed by atoms with van der Waals surface area (Å²) in [5.41, 5.74) is 2.76. The Hall–Kier alpha value is -2.05. The summed E-state index contributed by atoms with van der Waals surface area (Å²) in [7, 11) is 0. The molecule has 28 heavy (non-hydrogen) atoms. The molecule has 1 fully saturated rings. The van der Waals surface area contributed by atoms with E-state index in [1.165, 1.54) is 30.7 Å². The van der Waals surface area contributed by atoms with Crippen molar-refractivity contribution in [3.63, 3.8) is 0 Å². The van der Waals surface area contributed by atoms with Crippen LogP contribution in [0.25, 0.3) is 10.9 Å². The number of anilines is 1. The van der Waals surface area contributed by atoms with Crippen molar-refractivity contribution in [2.75, 3.05) is 64.3 Å². The Bertz CT molecular complexity index is 878. The number of nitrogens with one attached hydrogen (secondary N) is 2. The van der Waals surface area contributed by atoms with E-state index in [-0.39, 0.29) is 5.56 Å². The van der Waals surface area contributed by atoms with E-state index in [0.717, 1.165) is 66.9 Å². The summed E-state index contributed by atoms with van der Waals surface area (Å²) in [5, 5.41) is 4.47. The summed E-state index contributed by atoms with van der Waals surface area (Å²) >= 11 is 0. The summed E-state index contributed by atoms with van der Waals surface area (Å²) in [6, 6.07) is 5.98.